The van der Waals surface area contributed by atoms with E-state index in [1.165, 1.54) is 36.2 Å². The first-order valence-corrected chi connectivity index (χ1v) is 11.0. The molecule has 0 radical (unpaired) electrons. The molecule has 30 heavy (non-hydrogen) atoms. The summed E-state index contributed by atoms with van der Waals surface area (Å²) in [7, 11) is 0. The Morgan fingerprint density at radius 1 is 0.833 bits per heavy atom. The molecule has 0 fully saturated rings. The molecule has 0 amide bonds. The molecule has 1 N–H and O–H groups in total. The van der Waals surface area contributed by atoms with E-state index in [2.05, 4.69) is 89.2 Å². The average Bonchev–Trinajstić information content (AvgIpc) is 2.91. The summed E-state index contributed by atoms with van der Waals surface area (Å²) in [5, 5.41) is 12.2. The third kappa shape index (κ3) is 3.33. The maximum absolute atomic E-state index is 12.2. The summed E-state index contributed by atoms with van der Waals surface area (Å²) in [5.41, 5.74) is 4.47. The lowest BCUT2D eigenvalue weighted by Crippen LogP contribution is -2.47. The summed E-state index contributed by atoms with van der Waals surface area (Å²) in [4.78, 5) is 2.20. The maximum Gasteiger partial charge on any atom is 0.275 e. The molecule has 0 saturated carbocycles. The molecule has 2 heterocycles. The van der Waals surface area contributed by atoms with E-state index in [1.807, 2.05) is 6.07 Å². The minimum Gasteiger partial charge on any atom is -0.346 e. The SMILES string of the molecule is Cc1ccc(N2C3=[N+](CCCCC3)C[C@@]2(O)c2cccc(-c3ccccc3)c2)cc1. The average molecular weight is 398 g/mol. The number of amidine groups is 1. The molecule has 0 unspecified atom stereocenters. The van der Waals surface area contributed by atoms with Crippen LogP contribution in [-0.4, -0.2) is 28.6 Å². The van der Waals surface area contributed by atoms with Gasteiger partial charge in [0.25, 0.3) is 11.6 Å². The third-order valence-electron chi connectivity index (χ3n) is 6.46. The van der Waals surface area contributed by atoms with Crippen molar-refractivity contribution < 1.29 is 9.68 Å². The van der Waals surface area contributed by atoms with Crippen molar-refractivity contribution >= 4 is 11.5 Å². The van der Waals surface area contributed by atoms with Crippen molar-refractivity contribution in [3.63, 3.8) is 0 Å². The molecule has 3 aromatic rings. The van der Waals surface area contributed by atoms with Crippen LogP contribution in [0.5, 0.6) is 0 Å². The highest BCUT2D eigenvalue weighted by Gasteiger charge is 2.54. The number of benzene rings is 3. The fourth-order valence-electron chi connectivity index (χ4n) is 4.88. The molecule has 1 atom stereocenters. The van der Waals surface area contributed by atoms with Gasteiger partial charge in [0.05, 0.1) is 6.54 Å². The minimum absolute atomic E-state index is 0.606. The molecule has 3 aromatic carbocycles. The number of rotatable bonds is 3. The Morgan fingerprint density at radius 2 is 1.60 bits per heavy atom. The standard InChI is InChI=1S/C27H29N2O/c1-21-14-16-25(17-15-21)29-26-13-6-3-7-18-28(26)20-27(29,30)24-12-8-11-23(19-24)22-9-4-2-5-10-22/h2,4-5,8-12,14-17,19,30H,3,6-7,13,18,20H2,1H3/q+1/t27-/m1/s1. The van der Waals surface area contributed by atoms with Crippen LogP contribution in [0.2, 0.25) is 0 Å². The first kappa shape index (κ1) is 19.1. The van der Waals surface area contributed by atoms with E-state index < -0.39 is 5.72 Å². The van der Waals surface area contributed by atoms with Crippen LogP contribution in [0.4, 0.5) is 5.69 Å². The second-order valence-corrected chi connectivity index (χ2v) is 8.58. The Labute approximate surface area is 178 Å². The maximum atomic E-state index is 12.2. The number of anilines is 1. The molecule has 152 valence electrons. The number of hydrogen-bond acceptors (Lipinski definition) is 2. The normalized spacial score (nSPS) is 21.5. The van der Waals surface area contributed by atoms with Crippen LogP contribution in [-0.2, 0) is 5.72 Å². The van der Waals surface area contributed by atoms with Crippen LogP contribution in [0.3, 0.4) is 0 Å². The molecule has 0 aliphatic carbocycles. The van der Waals surface area contributed by atoms with E-state index >= 15 is 0 Å². The van der Waals surface area contributed by atoms with Gasteiger partial charge in [-0.2, -0.15) is 4.90 Å². The highest BCUT2D eigenvalue weighted by molar-refractivity contribution is 5.97. The molecular formula is C27H29N2O+. The molecule has 0 spiro atoms. The van der Waals surface area contributed by atoms with Crippen LogP contribution in [0.25, 0.3) is 11.1 Å². The molecule has 3 nitrogen and oxygen atoms in total. The summed E-state index contributed by atoms with van der Waals surface area (Å²) in [6.45, 7) is 3.72. The zero-order valence-electron chi connectivity index (χ0n) is 17.6. The molecule has 0 aromatic heterocycles. The number of nitrogens with zero attached hydrogens (tertiary/aromatic N) is 2. The van der Waals surface area contributed by atoms with Crippen molar-refractivity contribution in [2.24, 2.45) is 0 Å². The van der Waals surface area contributed by atoms with E-state index in [4.69, 9.17) is 0 Å². The van der Waals surface area contributed by atoms with Crippen LogP contribution < -0.4 is 4.90 Å². The van der Waals surface area contributed by atoms with Crippen molar-refractivity contribution in [3.05, 3.63) is 90.0 Å². The van der Waals surface area contributed by atoms with E-state index in [0.29, 0.717) is 6.54 Å². The predicted octanol–water partition coefficient (Wildman–Crippen LogP) is 5.31. The molecular weight excluding hydrogens is 368 g/mol. The van der Waals surface area contributed by atoms with Gasteiger partial charge in [-0.1, -0.05) is 66.2 Å². The zero-order valence-corrected chi connectivity index (χ0v) is 17.6. The predicted molar refractivity (Wildman–Crippen MR) is 123 cm³/mol. The highest BCUT2D eigenvalue weighted by atomic mass is 16.3. The summed E-state index contributed by atoms with van der Waals surface area (Å²) < 4.78 is 2.40. The fourth-order valence-corrected chi connectivity index (χ4v) is 4.88. The summed E-state index contributed by atoms with van der Waals surface area (Å²) in [6.07, 6.45) is 4.62. The Morgan fingerprint density at radius 3 is 2.40 bits per heavy atom. The summed E-state index contributed by atoms with van der Waals surface area (Å²) in [6, 6.07) is 27.4. The largest absolute Gasteiger partial charge is 0.346 e. The minimum atomic E-state index is -1.08. The molecule has 2 aliphatic heterocycles. The van der Waals surface area contributed by atoms with Crippen molar-refractivity contribution in [2.75, 3.05) is 18.0 Å². The van der Waals surface area contributed by atoms with E-state index in [0.717, 1.165) is 29.8 Å². The molecule has 0 bridgehead atoms. The lowest BCUT2D eigenvalue weighted by molar-refractivity contribution is -0.534. The molecule has 5 rings (SSSR count). The van der Waals surface area contributed by atoms with Gasteiger partial charge in [-0.3, -0.25) is 4.58 Å². The van der Waals surface area contributed by atoms with Crippen molar-refractivity contribution in [1.29, 1.82) is 0 Å². The quantitative estimate of drug-likeness (QED) is 0.606. The van der Waals surface area contributed by atoms with Gasteiger partial charge < -0.3 is 5.11 Å². The van der Waals surface area contributed by atoms with Crippen LogP contribution in [0.15, 0.2) is 78.9 Å². The van der Waals surface area contributed by atoms with Gasteiger partial charge in [0.1, 0.15) is 5.69 Å². The number of aliphatic hydroxyl groups is 1. The van der Waals surface area contributed by atoms with Crippen LogP contribution in [0.1, 0.15) is 36.8 Å². The van der Waals surface area contributed by atoms with Crippen LogP contribution in [0, 0.1) is 6.92 Å². The van der Waals surface area contributed by atoms with E-state index in [9.17, 15) is 5.11 Å². The number of hydrogen-bond donors (Lipinski definition) is 1. The fraction of sp³-hybridized carbons (Fsp3) is 0.296. The topological polar surface area (TPSA) is 26.5 Å². The van der Waals surface area contributed by atoms with Gasteiger partial charge in [-0.05, 0) is 55.5 Å². The van der Waals surface area contributed by atoms with Crippen molar-refractivity contribution in [3.8, 4) is 11.1 Å². The lowest BCUT2D eigenvalue weighted by Gasteiger charge is -2.29. The second-order valence-electron chi connectivity index (χ2n) is 8.58. The van der Waals surface area contributed by atoms with Gasteiger partial charge in [-0.25, -0.2) is 0 Å². The first-order valence-electron chi connectivity index (χ1n) is 11.0. The zero-order chi connectivity index (χ0) is 20.6. The highest BCUT2D eigenvalue weighted by Crippen LogP contribution is 2.39. The smallest absolute Gasteiger partial charge is 0.275 e. The van der Waals surface area contributed by atoms with Gasteiger partial charge >= 0.3 is 0 Å². The van der Waals surface area contributed by atoms with Gasteiger partial charge in [0, 0.05) is 12.0 Å². The third-order valence-corrected chi connectivity index (χ3v) is 6.46. The Balaban J connectivity index is 1.62. The van der Waals surface area contributed by atoms with E-state index in [1.54, 1.807) is 0 Å². The van der Waals surface area contributed by atoms with E-state index in [-0.39, 0.29) is 0 Å². The van der Waals surface area contributed by atoms with Crippen LogP contribution >= 0.6 is 0 Å². The Kier molecular flexibility index (Phi) is 4.92. The first-order chi connectivity index (χ1) is 14.6. The summed E-state index contributed by atoms with van der Waals surface area (Å²) in [5.74, 6) is 1.25. The lowest BCUT2D eigenvalue weighted by atomic mass is 9.95. The van der Waals surface area contributed by atoms with Gasteiger partial charge in [-0.15, -0.1) is 0 Å². The Hall–Kier alpha value is -2.91. The molecule has 0 saturated heterocycles. The van der Waals surface area contributed by atoms with Gasteiger partial charge in [0.2, 0.25) is 0 Å². The molecule has 2 aliphatic rings. The van der Waals surface area contributed by atoms with Gasteiger partial charge in [0.15, 0.2) is 6.54 Å². The second kappa shape index (κ2) is 7.73. The molecule has 3 heteroatoms. The number of aryl methyl sites for hydroxylation is 1. The monoisotopic (exact) mass is 397 g/mol. The van der Waals surface area contributed by atoms with Crippen molar-refractivity contribution in [2.45, 2.75) is 38.3 Å². The van der Waals surface area contributed by atoms with Crippen molar-refractivity contribution in [1.82, 2.24) is 0 Å². The Bertz CT molecular complexity index is 1070. The summed E-state index contributed by atoms with van der Waals surface area (Å²) >= 11 is 0.